The van der Waals surface area contributed by atoms with Crippen LogP contribution >= 0.6 is 11.8 Å². The Kier molecular flexibility index (Phi) is 2.38. The maximum atomic E-state index is 4.33. The number of aryl methyl sites for hydroxylation is 2. The van der Waals surface area contributed by atoms with Gasteiger partial charge in [0.15, 0.2) is 5.16 Å². The lowest BCUT2D eigenvalue weighted by molar-refractivity contribution is 0.682. The number of thioether (sulfide) groups is 1. The zero-order valence-electron chi connectivity index (χ0n) is 6.59. The molecule has 1 aromatic rings. The predicted octanol–water partition coefficient (Wildman–Crippen LogP) is 1.93. The van der Waals surface area contributed by atoms with E-state index < -0.39 is 0 Å². The van der Waals surface area contributed by atoms with Crippen molar-refractivity contribution in [1.82, 2.24) is 9.55 Å². The van der Waals surface area contributed by atoms with Gasteiger partial charge in [0, 0.05) is 12.7 Å². The molecule has 0 amide bonds. The molecule has 0 bridgehead atoms. The Hall–Kier alpha value is -0.440. The number of rotatable bonds is 2. The Bertz CT molecular complexity index is 196. The van der Waals surface area contributed by atoms with Crippen LogP contribution in [0.5, 0.6) is 0 Å². The molecule has 0 aliphatic carbocycles. The van der Waals surface area contributed by atoms with Gasteiger partial charge in [0.05, 0.1) is 5.69 Å². The summed E-state index contributed by atoms with van der Waals surface area (Å²) in [6.45, 7) is 5.16. The fourth-order valence-corrected chi connectivity index (χ4v) is 1.57. The first-order chi connectivity index (χ1) is 4.77. The fourth-order valence-electron chi connectivity index (χ4n) is 0.914. The van der Waals surface area contributed by atoms with E-state index in [1.807, 2.05) is 13.2 Å². The van der Waals surface area contributed by atoms with E-state index in [0.29, 0.717) is 0 Å². The van der Waals surface area contributed by atoms with Gasteiger partial charge in [0.25, 0.3) is 0 Å². The minimum atomic E-state index is 1.01. The molecule has 0 N–H and O–H groups in total. The van der Waals surface area contributed by atoms with E-state index in [1.165, 1.54) is 0 Å². The molecule has 1 heterocycles. The van der Waals surface area contributed by atoms with Gasteiger partial charge in [-0.05, 0) is 20.1 Å². The van der Waals surface area contributed by atoms with Crippen LogP contribution in [0.3, 0.4) is 0 Å². The quantitative estimate of drug-likeness (QED) is 0.609. The van der Waals surface area contributed by atoms with Crippen LogP contribution in [0.15, 0.2) is 11.4 Å². The SMILES string of the molecule is CCn1cc(C)nc1SC. The second kappa shape index (κ2) is 3.10. The zero-order chi connectivity index (χ0) is 7.56. The van der Waals surface area contributed by atoms with Crippen molar-refractivity contribution in [3.05, 3.63) is 11.9 Å². The lowest BCUT2D eigenvalue weighted by Gasteiger charge is -1.98. The van der Waals surface area contributed by atoms with Gasteiger partial charge in [-0.2, -0.15) is 0 Å². The predicted molar refractivity (Wildman–Crippen MR) is 44.4 cm³/mol. The molecule has 56 valence electrons. The third-order valence-corrected chi connectivity index (χ3v) is 2.07. The van der Waals surface area contributed by atoms with E-state index in [9.17, 15) is 0 Å². The van der Waals surface area contributed by atoms with Gasteiger partial charge in [-0.3, -0.25) is 0 Å². The Labute approximate surface area is 65.7 Å². The average Bonchev–Trinajstić information content (AvgIpc) is 2.30. The third kappa shape index (κ3) is 1.34. The number of nitrogens with zero attached hydrogens (tertiary/aromatic N) is 2. The molecule has 0 fully saturated rings. The molecule has 10 heavy (non-hydrogen) atoms. The van der Waals surface area contributed by atoms with Crippen molar-refractivity contribution >= 4 is 11.8 Å². The topological polar surface area (TPSA) is 17.8 Å². The highest BCUT2D eigenvalue weighted by atomic mass is 32.2. The van der Waals surface area contributed by atoms with E-state index in [1.54, 1.807) is 11.8 Å². The minimum Gasteiger partial charge on any atom is -0.326 e. The van der Waals surface area contributed by atoms with Gasteiger partial charge in [-0.15, -0.1) is 0 Å². The van der Waals surface area contributed by atoms with Crippen molar-refractivity contribution in [3.8, 4) is 0 Å². The highest BCUT2D eigenvalue weighted by molar-refractivity contribution is 7.98. The zero-order valence-corrected chi connectivity index (χ0v) is 7.40. The monoisotopic (exact) mass is 156 g/mol. The second-order valence-electron chi connectivity index (χ2n) is 2.15. The largest absolute Gasteiger partial charge is 0.326 e. The molecule has 0 atom stereocenters. The Morgan fingerprint density at radius 3 is 2.80 bits per heavy atom. The first-order valence-electron chi connectivity index (χ1n) is 3.35. The molecule has 2 nitrogen and oxygen atoms in total. The van der Waals surface area contributed by atoms with Crippen LogP contribution in [0.4, 0.5) is 0 Å². The molecular formula is C7H12N2S. The van der Waals surface area contributed by atoms with Gasteiger partial charge in [-0.25, -0.2) is 4.98 Å². The summed E-state index contributed by atoms with van der Waals surface area (Å²) in [5.41, 5.74) is 1.10. The van der Waals surface area contributed by atoms with Gasteiger partial charge in [-0.1, -0.05) is 11.8 Å². The Morgan fingerprint density at radius 2 is 2.40 bits per heavy atom. The molecule has 0 unspecified atom stereocenters. The third-order valence-electron chi connectivity index (χ3n) is 1.38. The molecule has 0 aliphatic rings. The highest BCUT2D eigenvalue weighted by Gasteiger charge is 1.99. The lowest BCUT2D eigenvalue weighted by atomic mass is 10.6. The van der Waals surface area contributed by atoms with Gasteiger partial charge in [0.1, 0.15) is 0 Å². The van der Waals surface area contributed by atoms with Gasteiger partial charge < -0.3 is 4.57 Å². The molecule has 0 aromatic carbocycles. The second-order valence-corrected chi connectivity index (χ2v) is 2.93. The number of hydrogen-bond donors (Lipinski definition) is 0. The summed E-state index contributed by atoms with van der Waals surface area (Å²) in [5, 5.41) is 1.11. The maximum Gasteiger partial charge on any atom is 0.167 e. The summed E-state index contributed by atoms with van der Waals surface area (Å²) >= 11 is 1.69. The van der Waals surface area contributed by atoms with Crippen molar-refractivity contribution in [3.63, 3.8) is 0 Å². The van der Waals surface area contributed by atoms with Gasteiger partial charge >= 0.3 is 0 Å². The summed E-state index contributed by atoms with van der Waals surface area (Å²) in [6.07, 6.45) is 4.12. The van der Waals surface area contributed by atoms with Crippen molar-refractivity contribution in [2.45, 2.75) is 25.5 Å². The number of imidazole rings is 1. The van der Waals surface area contributed by atoms with E-state index in [4.69, 9.17) is 0 Å². The van der Waals surface area contributed by atoms with Crippen molar-refractivity contribution < 1.29 is 0 Å². The molecule has 0 aliphatic heterocycles. The maximum absolute atomic E-state index is 4.33. The van der Waals surface area contributed by atoms with Crippen LogP contribution < -0.4 is 0 Å². The smallest absolute Gasteiger partial charge is 0.167 e. The first-order valence-corrected chi connectivity index (χ1v) is 4.58. The molecule has 0 radical (unpaired) electrons. The summed E-state index contributed by atoms with van der Waals surface area (Å²) in [7, 11) is 0. The Morgan fingerprint density at radius 1 is 1.70 bits per heavy atom. The summed E-state index contributed by atoms with van der Waals surface area (Å²) in [4.78, 5) is 4.33. The molecular weight excluding hydrogens is 144 g/mol. The fraction of sp³-hybridized carbons (Fsp3) is 0.571. The molecule has 0 spiro atoms. The normalized spacial score (nSPS) is 10.3. The number of hydrogen-bond acceptors (Lipinski definition) is 2. The summed E-state index contributed by atoms with van der Waals surface area (Å²) < 4.78 is 2.15. The van der Waals surface area contributed by atoms with E-state index in [-0.39, 0.29) is 0 Å². The van der Waals surface area contributed by atoms with E-state index >= 15 is 0 Å². The van der Waals surface area contributed by atoms with Crippen LogP contribution in [-0.4, -0.2) is 15.8 Å². The Balaban J connectivity index is 2.96. The lowest BCUT2D eigenvalue weighted by Crippen LogP contribution is -1.92. The van der Waals surface area contributed by atoms with Crippen LogP contribution in [-0.2, 0) is 6.54 Å². The van der Waals surface area contributed by atoms with Crippen LogP contribution in [0.2, 0.25) is 0 Å². The van der Waals surface area contributed by atoms with Crippen LogP contribution in [0.1, 0.15) is 12.6 Å². The summed E-state index contributed by atoms with van der Waals surface area (Å²) in [6, 6.07) is 0. The van der Waals surface area contributed by atoms with Crippen LogP contribution in [0.25, 0.3) is 0 Å². The first kappa shape index (κ1) is 7.66. The molecule has 1 aromatic heterocycles. The summed E-state index contributed by atoms with van der Waals surface area (Å²) in [5.74, 6) is 0. The molecule has 0 saturated heterocycles. The van der Waals surface area contributed by atoms with Crippen LogP contribution in [0, 0.1) is 6.92 Å². The van der Waals surface area contributed by atoms with E-state index in [0.717, 1.165) is 17.4 Å². The molecule has 3 heteroatoms. The minimum absolute atomic E-state index is 1.01. The van der Waals surface area contributed by atoms with Gasteiger partial charge in [0.2, 0.25) is 0 Å². The van der Waals surface area contributed by atoms with E-state index in [2.05, 4.69) is 22.7 Å². The van der Waals surface area contributed by atoms with Crippen molar-refractivity contribution in [2.24, 2.45) is 0 Å². The van der Waals surface area contributed by atoms with Crippen molar-refractivity contribution in [2.75, 3.05) is 6.26 Å². The van der Waals surface area contributed by atoms with Crippen molar-refractivity contribution in [1.29, 1.82) is 0 Å². The number of aromatic nitrogens is 2. The average molecular weight is 156 g/mol. The standard InChI is InChI=1S/C7H12N2S/c1-4-9-5-6(2)8-7(9)10-3/h5H,4H2,1-3H3. The molecule has 1 rings (SSSR count). The highest BCUT2D eigenvalue weighted by Crippen LogP contribution is 2.13. The molecule has 0 saturated carbocycles.